The van der Waals surface area contributed by atoms with E-state index in [0.717, 1.165) is 31.9 Å². The van der Waals surface area contributed by atoms with Crippen LogP contribution in [0.1, 0.15) is 29.6 Å². The van der Waals surface area contributed by atoms with Crippen molar-refractivity contribution in [1.82, 2.24) is 15.5 Å². The summed E-state index contributed by atoms with van der Waals surface area (Å²) in [4.78, 5) is 29.7. The molecule has 1 unspecified atom stereocenters. The molecule has 150 valence electrons. The van der Waals surface area contributed by atoms with Crippen LogP contribution in [-0.2, 0) is 4.79 Å². The number of carbonyl (C=O) groups is 2. The smallest absolute Gasteiger partial charge is 0.252 e. The van der Waals surface area contributed by atoms with E-state index in [1.54, 1.807) is 31.3 Å². The third-order valence-electron chi connectivity index (χ3n) is 4.33. The molecule has 0 aromatic heterocycles. The summed E-state index contributed by atoms with van der Waals surface area (Å²) in [7, 11) is 1.72. The fraction of sp³-hybridized carbons (Fsp3) is 0.500. The van der Waals surface area contributed by atoms with E-state index in [9.17, 15) is 9.59 Å². The van der Waals surface area contributed by atoms with Gasteiger partial charge in [-0.25, -0.2) is 0 Å². The van der Waals surface area contributed by atoms with Gasteiger partial charge in [0.2, 0.25) is 5.91 Å². The van der Waals surface area contributed by atoms with Crippen LogP contribution in [0.5, 0.6) is 0 Å². The van der Waals surface area contributed by atoms with Gasteiger partial charge >= 0.3 is 0 Å². The number of carbonyl (C=O) groups excluding carboxylic acids is 2. The standard InChI is InChI=1S/C18H26ClN5O2.HI/c1-21-18(24-10-4-5-13(12-24)11-16(20)25)23-9-8-22-17(26)14-6-2-3-7-15(14)19;/h2-3,6-7,13H,4-5,8-12H2,1H3,(H2,20,25)(H,21,23)(H,22,26);1H. The van der Waals surface area contributed by atoms with Crippen LogP contribution in [0, 0.1) is 5.92 Å². The summed E-state index contributed by atoms with van der Waals surface area (Å²) in [5.74, 6) is 0.569. The molecule has 1 aromatic carbocycles. The van der Waals surface area contributed by atoms with Gasteiger partial charge in [-0.3, -0.25) is 14.6 Å². The minimum absolute atomic E-state index is 0. The molecular formula is C18H27ClIN5O2. The molecule has 1 fully saturated rings. The van der Waals surface area contributed by atoms with Gasteiger partial charge < -0.3 is 21.3 Å². The van der Waals surface area contributed by atoms with Gasteiger partial charge in [0.05, 0.1) is 10.6 Å². The van der Waals surface area contributed by atoms with Crippen molar-refractivity contribution in [2.45, 2.75) is 19.3 Å². The Hall–Kier alpha value is -1.55. The van der Waals surface area contributed by atoms with Gasteiger partial charge in [-0.05, 0) is 30.9 Å². The summed E-state index contributed by atoms with van der Waals surface area (Å²) in [6.07, 6.45) is 2.41. The van der Waals surface area contributed by atoms with E-state index in [0.29, 0.717) is 30.1 Å². The summed E-state index contributed by atoms with van der Waals surface area (Å²) in [6, 6.07) is 6.95. The van der Waals surface area contributed by atoms with Gasteiger partial charge in [0.15, 0.2) is 5.96 Å². The fourth-order valence-electron chi connectivity index (χ4n) is 3.13. The highest BCUT2D eigenvalue weighted by Gasteiger charge is 2.23. The Kier molecular flexibility index (Phi) is 10.5. The van der Waals surface area contributed by atoms with Crippen LogP contribution >= 0.6 is 35.6 Å². The first-order chi connectivity index (χ1) is 12.5. The number of amides is 2. The molecule has 7 nitrogen and oxygen atoms in total. The number of hydrogen-bond donors (Lipinski definition) is 3. The highest BCUT2D eigenvalue weighted by molar-refractivity contribution is 14.0. The number of benzene rings is 1. The topological polar surface area (TPSA) is 99.8 Å². The molecule has 1 aromatic rings. The highest BCUT2D eigenvalue weighted by atomic mass is 127. The van der Waals surface area contributed by atoms with Gasteiger partial charge in [0.25, 0.3) is 5.91 Å². The zero-order valence-electron chi connectivity index (χ0n) is 15.4. The van der Waals surface area contributed by atoms with Crippen LogP contribution in [-0.4, -0.2) is 55.9 Å². The molecule has 9 heteroatoms. The molecule has 27 heavy (non-hydrogen) atoms. The average molecular weight is 508 g/mol. The molecule has 0 radical (unpaired) electrons. The van der Waals surface area contributed by atoms with E-state index in [4.69, 9.17) is 17.3 Å². The molecule has 0 spiro atoms. The van der Waals surface area contributed by atoms with Gasteiger partial charge in [-0.15, -0.1) is 24.0 Å². The average Bonchev–Trinajstić information content (AvgIpc) is 2.61. The normalized spacial score (nSPS) is 17.0. The van der Waals surface area contributed by atoms with Gasteiger partial charge in [0.1, 0.15) is 0 Å². The summed E-state index contributed by atoms with van der Waals surface area (Å²) in [6.45, 7) is 2.64. The molecular weight excluding hydrogens is 481 g/mol. The summed E-state index contributed by atoms with van der Waals surface area (Å²) in [5, 5.41) is 6.52. The highest BCUT2D eigenvalue weighted by Crippen LogP contribution is 2.19. The molecule has 0 saturated carbocycles. The van der Waals surface area contributed by atoms with Crippen molar-refractivity contribution in [1.29, 1.82) is 0 Å². The maximum Gasteiger partial charge on any atom is 0.252 e. The number of nitrogens with zero attached hydrogens (tertiary/aromatic N) is 2. The summed E-state index contributed by atoms with van der Waals surface area (Å²) in [5.41, 5.74) is 5.77. The maximum atomic E-state index is 12.1. The fourth-order valence-corrected chi connectivity index (χ4v) is 3.35. The number of rotatable bonds is 6. The number of guanidine groups is 1. The largest absolute Gasteiger partial charge is 0.370 e. The number of hydrogen-bond acceptors (Lipinski definition) is 3. The first-order valence-electron chi connectivity index (χ1n) is 8.78. The molecule has 0 aliphatic carbocycles. The van der Waals surface area contributed by atoms with E-state index in [1.165, 1.54) is 0 Å². The van der Waals surface area contributed by atoms with Crippen LogP contribution in [0.15, 0.2) is 29.3 Å². The van der Waals surface area contributed by atoms with Crippen molar-refractivity contribution < 1.29 is 9.59 Å². The maximum absolute atomic E-state index is 12.1. The second-order valence-electron chi connectivity index (χ2n) is 6.33. The van der Waals surface area contributed by atoms with Gasteiger partial charge in [-0.1, -0.05) is 23.7 Å². The number of nitrogens with one attached hydrogen (secondary N) is 2. The lowest BCUT2D eigenvalue weighted by atomic mass is 9.95. The molecule has 1 atom stereocenters. The predicted molar refractivity (Wildman–Crippen MR) is 119 cm³/mol. The molecule has 0 bridgehead atoms. The molecule has 2 amide bonds. The van der Waals surface area contributed by atoms with E-state index >= 15 is 0 Å². The van der Waals surface area contributed by atoms with Crippen LogP contribution in [0.4, 0.5) is 0 Å². The third kappa shape index (κ3) is 7.53. The minimum Gasteiger partial charge on any atom is -0.370 e. The first-order valence-corrected chi connectivity index (χ1v) is 9.15. The Morgan fingerprint density at radius 1 is 1.30 bits per heavy atom. The van der Waals surface area contributed by atoms with Crippen LogP contribution in [0.25, 0.3) is 0 Å². The Morgan fingerprint density at radius 3 is 2.67 bits per heavy atom. The number of primary amides is 1. The Labute approximate surface area is 182 Å². The number of nitrogens with two attached hydrogens (primary N) is 1. The van der Waals surface area contributed by atoms with Crippen molar-refractivity contribution in [3.05, 3.63) is 34.9 Å². The third-order valence-corrected chi connectivity index (χ3v) is 4.66. The second-order valence-corrected chi connectivity index (χ2v) is 6.74. The Balaban J connectivity index is 0.00000364. The molecule has 1 aliphatic heterocycles. The van der Waals surface area contributed by atoms with Crippen molar-refractivity contribution in [3.8, 4) is 0 Å². The van der Waals surface area contributed by atoms with Crippen molar-refractivity contribution >= 4 is 53.4 Å². The molecule has 1 heterocycles. The van der Waals surface area contributed by atoms with Crippen molar-refractivity contribution in [2.75, 3.05) is 33.2 Å². The number of halogens is 2. The number of aliphatic imine (C=N–C) groups is 1. The molecule has 2 rings (SSSR count). The summed E-state index contributed by atoms with van der Waals surface area (Å²) >= 11 is 6.02. The second kappa shape index (κ2) is 12.0. The van der Waals surface area contributed by atoms with E-state index < -0.39 is 0 Å². The van der Waals surface area contributed by atoms with Crippen LogP contribution < -0.4 is 16.4 Å². The Bertz CT molecular complexity index is 671. The minimum atomic E-state index is -0.262. The van der Waals surface area contributed by atoms with Crippen LogP contribution in [0.3, 0.4) is 0 Å². The van der Waals surface area contributed by atoms with Crippen LogP contribution in [0.2, 0.25) is 5.02 Å². The number of likely N-dealkylation sites (tertiary alicyclic amines) is 1. The quantitative estimate of drug-likeness (QED) is 0.237. The predicted octanol–water partition coefficient (Wildman–Crippen LogP) is 1.85. The monoisotopic (exact) mass is 507 g/mol. The SMILES string of the molecule is CN=C(NCCNC(=O)c1ccccc1Cl)N1CCCC(CC(N)=O)C1.I. The molecule has 4 N–H and O–H groups in total. The zero-order valence-corrected chi connectivity index (χ0v) is 18.5. The lowest BCUT2D eigenvalue weighted by Gasteiger charge is -2.34. The van der Waals surface area contributed by atoms with Gasteiger partial charge in [-0.2, -0.15) is 0 Å². The van der Waals surface area contributed by atoms with E-state index in [-0.39, 0.29) is 41.7 Å². The van der Waals surface area contributed by atoms with Crippen molar-refractivity contribution in [3.63, 3.8) is 0 Å². The Morgan fingerprint density at radius 2 is 2.00 bits per heavy atom. The summed E-state index contributed by atoms with van der Waals surface area (Å²) < 4.78 is 0. The van der Waals surface area contributed by atoms with E-state index in [1.807, 2.05) is 0 Å². The van der Waals surface area contributed by atoms with E-state index in [2.05, 4.69) is 20.5 Å². The lowest BCUT2D eigenvalue weighted by Crippen LogP contribution is -2.48. The molecule has 1 saturated heterocycles. The zero-order chi connectivity index (χ0) is 18.9. The first kappa shape index (κ1) is 23.5. The lowest BCUT2D eigenvalue weighted by molar-refractivity contribution is -0.119. The molecule has 1 aliphatic rings. The number of piperidine rings is 1. The van der Waals surface area contributed by atoms with Crippen molar-refractivity contribution in [2.24, 2.45) is 16.6 Å². The van der Waals surface area contributed by atoms with Gasteiger partial charge in [0, 0.05) is 39.6 Å².